The lowest BCUT2D eigenvalue weighted by atomic mass is 9.98. The predicted molar refractivity (Wildman–Crippen MR) is 289 cm³/mol. The van der Waals surface area contributed by atoms with Crippen molar-refractivity contribution in [3.05, 3.63) is 237 Å². The number of hydrogen-bond acceptors (Lipinski definition) is 4. The van der Waals surface area contributed by atoms with Gasteiger partial charge in [-0.2, -0.15) is 9.97 Å². The first kappa shape index (κ1) is 39.2. The summed E-state index contributed by atoms with van der Waals surface area (Å²) in [6, 6.07) is 84.2. The van der Waals surface area contributed by atoms with Gasteiger partial charge in [-0.15, -0.1) is 11.3 Å². The monoisotopic (exact) mass is 897 g/mol. The molecule has 0 fully saturated rings. The van der Waals surface area contributed by atoms with Gasteiger partial charge in [0.25, 0.3) is 0 Å². The van der Waals surface area contributed by atoms with Crippen LogP contribution in [-0.4, -0.2) is 24.1 Å². The number of thiophene rings is 1. The van der Waals surface area contributed by atoms with Crippen molar-refractivity contribution in [2.24, 2.45) is 0 Å². The van der Waals surface area contributed by atoms with Gasteiger partial charge in [0.15, 0.2) is 11.6 Å². The third kappa shape index (κ3) is 6.20. The van der Waals surface area contributed by atoms with E-state index in [9.17, 15) is 0 Å². The molecule has 4 aromatic heterocycles. The topological polar surface area (TPSA) is 48.5 Å². The Labute approximate surface area is 401 Å². The van der Waals surface area contributed by atoms with E-state index in [1.54, 1.807) is 0 Å². The predicted octanol–water partition coefficient (Wildman–Crippen LogP) is 16.8. The van der Waals surface area contributed by atoms with Crippen LogP contribution in [0.3, 0.4) is 0 Å². The van der Waals surface area contributed by atoms with Crippen LogP contribution in [0.2, 0.25) is 0 Å². The average molecular weight is 898 g/mol. The average Bonchev–Trinajstić information content (AvgIpc) is 4.10. The van der Waals surface area contributed by atoms with Crippen LogP contribution in [-0.2, 0) is 0 Å². The summed E-state index contributed by atoms with van der Waals surface area (Å²) >= 11 is 1.86. The highest BCUT2D eigenvalue weighted by molar-refractivity contribution is 7.27. The van der Waals surface area contributed by atoms with Gasteiger partial charge in [-0.25, -0.2) is 4.98 Å². The Balaban J connectivity index is 1.09. The maximum atomic E-state index is 5.53. The van der Waals surface area contributed by atoms with Crippen molar-refractivity contribution >= 4 is 75.1 Å². The Hall–Kier alpha value is -8.97. The van der Waals surface area contributed by atoms with E-state index < -0.39 is 0 Å². The molecule has 0 unspecified atom stereocenters. The molecule has 0 N–H and O–H groups in total. The number of aromatic nitrogens is 5. The van der Waals surface area contributed by atoms with E-state index in [0.29, 0.717) is 17.6 Å². The fourth-order valence-corrected chi connectivity index (χ4v) is 12.0. The van der Waals surface area contributed by atoms with E-state index >= 15 is 0 Å². The van der Waals surface area contributed by atoms with Gasteiger partial charge in [-0.05, 0) is 46.0 Å². The molecule has 4 heterocycles. The molecule has 0 atom stereocenters. The summed E-state index contributed by atoms with van der Waals surface area (Å²) in [5, 5.41) is 7.15. The lowest BCUT2D eigenvalue weighted by molar-refractivity contribution is 0.956. The van der Waals surface area contributed by atoms with Crippen molar-refractivity contribution in [2.45, 2.75) is 0 Å². The summed E-state index contributed by atoms with van der Waals surface area (Å²) in [4.78, 5) is 16.5. The van der Waals surface area contributed by atoms with Crippen molar-refractivity contribution in [1.82, 2.24) is 24.1 Å². The minimum atomic E-state index is 0.563. The van der Waals surface area contributed by atoms with Gasteiger partial charge >= 0.3 is 0 Å². The van der Waals surface area contributed by atoms with Crippen molar-refractivity contribution in [3.8, 4) is 67.8 Å². The second-order valence-electron chi connectivity index (χ2n) is 17.5. The summed E-state index contributed by atoms with van der Waals surface area (Å²) in [6.07, 6.45) is 0. The normalized spacial score (nSPS) is 11.8. The third-order valence-electron chi connectivity index (χ3n) is 13.6. The number of fused-ring (bicyclic) bond motifs is 11. The number of benzene rings is 10. The zero-order chi connectivity index (χ0) is 45.4. The molecular formula is C63H39N5S. The molecule has 0 saturated heterocycles. The number of nitrogens with zero attached hydrogens (tertiary/aromatic N) is 5. The Morgan fingerprint density at radius 3 is 1.17 bits per heavy atom. The molecule has 5 nitrogen and oxygen atoms in total. The second-order valence-corrected chi connectivity index (χ2v) is 18.5. The number of rotatable bonds is 7. The zero-order valence-corrected chi connectivity index (χ0v) is 38.0. The van der Waals surface area contributed by atoms with E-state index in [2.05, 4.69) is 246 Å². The van der Waals surface area contributed by atoms with Gasteiger partial charge in [0, 0.05) is 49.0 Å². The molecule has 69 heavy (non-hydrogen) atoms. The van der Waals surface area contributed by atoms with Gasteiger partial charge in [0.05, 0.1) is 37.2 Å². The highest BCUT2D eigenvalue weighted by atomic mass is 32.1. The lowest BCUT2D eigenvalue weighted by Gasteiger charge is -2.15. The van der Waals surface area contributed by atoms with Crippen LogP contribution in [0.5, 0.6) is 0 Å². The molecule has 0 bridgehead atoms. The zero-order valence-electron chi connectivity index (χ0n) is 37.2. The molecule has 14 aromatic rings. The summed E-state index contributed by atoms with van der Waals surface area (Å²) in [7, 11) is 0. The summed E-state index contributed by atoms with van der Waals surface area (Å²) in [5.41, 5.74) is 14.2. The van der Waals surface area contributed by atoms with E-state index in [-0.39, 0.29) is 0 Å². The fraction of sp³-hybridized carbons (Fsp3) is 0. The Kier molecular flexibility index (Phi) is 9.00. The molecule has 0 saturated carbocycles. The van der Waals surface area contributed by atoms with Crippen molar-refractivity contribution in [2.75, 3.05) is 0 Å². The van der Waals surface area contributed by atoms with Crippen molar-refractivity contribution < 1.29 is 0 Å². The number of para-hydroxylation sites is 3. The number of hydrogen-bond donors (Lipinski definition) is 0. The van der Waals surface area contributed by atoms with Gasteiger partial charge in [-0.3, -0.25) is 4.57 Å². The molecule has 0 aliphatic rings. The molecule has 0 spiro atoms. The largest absolute Gasteiger partial charge is 0.307 e. The van der Waals surface area contributed by atoms with Crippen molar-refractivity contribution in [1.29, 1.82) is 0 Å². The van der Waals surface area contributed by atoms with Crippen LogP contribution in [0.4, 0.5) is 0 Å². The first-order chi connectivity index (χ1) is 34.3. The molecule has 322 valence electrons. The standard InChI is InChI=1S/C63H39N5S/c1-4-20-40(21-5-1)43-26-10-12-31-52(43)61-64-62(53-32-13-11-27-44(53)41-22-6-2-7-23-41)66-63(65-61)68-56-35-19-16-30-47(56)49-37-39-51-50-38-36-48-46-29-15-18-34-55(46)67(57(48)59(50)69-60(51)58(49)68)54-33-17-14-28-45(54)42-24-8-3-9-25-42/h1-39H. The highest BCUT2D eigenvalue weighted by Gasteiger charge is 2.25. The van der Waals surface area contributed by atoms with Gasteiger partial charge in [0.1, 0.15) is 0 Å². The second kappa shape index (κ2) is 15.8. The Morgan fingerprint density at radius 2 is 0.652 bits per heavy atom. The highest BCUT2D eigenvalue weighted by Crippen LogP contribution is 2.48. The minimum Gasteiger partial charge on any atom is -0.307 e. The first-order valence-electron chi connectivity index (χ1n) is 23.3. The lowest BCUT2D eigenvalue weighted by Crippen LogP contribution is -2.07. The van der Waals surface area contributed by atoms with Gasteiger partial charge < -0.3 is 4.57 Å². The maximum absolute atomic E-state index is 5.53. The minimum absolute atomic E-state index is 0.563. The molecule has 0 aliphatic heterocycles. The SMILES string of the molecule is c1ccc(-c2ccccc2-c2nc(-c3ccccc3-c3ccccc3)nc(-n3c4ccccc4c4ccc5c6ccc7c8ccccc8n(-c8ccccc8-c8ccccc8)c7c6sc5c43)n2)cc1. The van der Waals surface area contributed by atoms with Crippen LogP contribution in [0, 0.1) is 0 Å². The molecule has 10 aromatic carbocycles. The summed E-state index contributed by atoms with van der Waals surface area (Å²) in [5.74, 6) is 1.78. The van der Waals surface area contributed by atoms with Crippen LogP contribution in [0.15, 0.2) is 237 Å². The van der Waals surface area contributed by atoms with Gasteiger partial charge in [0.2, 0.25) is 5.95 Å². The molecule has 0 aliphatic carbocycles. The first-order valence-corrected chi connectivity index (χ1v) is 24.1. The van der Waals surface area contributed by atoms with E-state index in [1.165, 1.54) is 53.1 Å². The molecule has 0 amide bonds. The smallest absolute Gasteiger partial charge is 0.238 e. The summed E-state index contributed by atoms with van der Waals surface area (Å²) in [6.45, 7) is 0. The summed E-state index contributed by atoms with van der Waals surface area (Å²) < 4.78 is 7.20. The molecule has 6 heteroatoms. The quantitative estimate of drug-likeness (QED) is 0.160. The third-order valence-corrected chi connectivity index (χ3v) is 14.9. The van der Waals surface area contributed by atoms with E-state index in [1.807, 2.05) is 11.3 Å². The van der Waals surface area contributed by atoms with Crippen LogP contribution in [0.25, 0.3) is 132 Å². The van der Waals surface area contributed by atoms with Crippen LogP contribution < -0.4 is 0 Å². The molecule has 14 rings (SSSR count). The fourth-order valence-electron chi connectivity index (χ4n) is 10.6. The Bertz CT molecular complexity index is 4200. The van der Waals surface area contributed by atoms with E-state index in [0.717, 1.165) is 60.9 Å². The van der Waals surface area contributed by atoms with Gasteiger partial charge in [-0.1, -0.05) is 218 Å². The molecular weight excluding hydrogens is 859 g/mol. The van der Waals surface area contributed by atoms with Crippen LogP contribution in [0.1, 0.15) is 0 Å². The van der Waals surface area contributed by atoms with E-state index in [4.69, 9.17) is 15.0 Å². The van der Waals surface area contributed by atoms with Crippen molar-refractivity contribution in [3.63, 3.8) is 0 Å². The van der Waals surface area contributed by atoms with Crippen LogP contribution >= 0.6 is 11.3 Å². The Morgan fingerprint density at radius 1 is 0.275 bits per heavy atom. The molecule has 0 radical (unpaired) electrons. The maximum Gasteiger partial charge on any atom is 0.238 e.